The predicted molar refractivity (Wildman–Crippen MR) is 81.8 cm³/mol. The number of benzene rings is 1. The summed E-state index contributed by atoms with van der Waals surface area (Å²) >= 11 is 5.99. The lowest BCUT2D eigenvalue weighted by molar-refractivity contribution is -0.126. The Bertz CT molecular complexity index is 645. The predicted octanol–water partition coefficient (Wildman–Crippen LogP) is 1.69. The first-order valence-electron chi connectivity index (χ1n) is 7.24. The van der Waals surface area contributed by atoms with Crippen molar-refractivity contribution in [3.05, 3.63) is 41.4 Å². The zero-order valence-corrected chi connectivity index (χ0v) is 12.8. The van der Waals surface area contributed by atoms with Crippen LogP contribution in [0.1, 0.15) is 12.0 Å². The number of nitrogens with one attached hydrogen (secondary N) is 1. The van der Waals surface area contributed by atoms with Crippen molar-refractivity contribution >= 4 is 17.5 Å². The van der Waals surface area contributed by atoms with Crippen LogP contribution >= 0.6 is 11.6 Å². The maximum absolute atomic E-state index is 12.2. The highest BCUT2D eigenvalue weighted by atomic mass is 35.5. The molecule has 0 bridgehead atoms. The lowest BCUT2D eigenvalue weighted by Crippen LogP contribution is -2.38. The summed E-state index contributed by atoms with van der Waals surface area (Å²) in [5.41, 5.74) is 0.988. The van der Waals surface area contributed by atoms with E-state index >= 15 is 0 Å². The molecule has 1 aromatic carbocycles. The fraction of sp³-hybridized carbons (Fsp3) is 0.400. The van der Waals surface area contributed by atoms with Crippen LogP contribution in [-0.4, -0.2) is 33.8 Å². The average Bonchev–Trinajstić information content (AvgIpc) is 3.04. The number of rotatable bonds is 5. The number of nitrogens with zero attached hydrogens (tertiary/aromatic N) is 3. The molecule has 2 aromatic rings. The summed E-state index contributed by atoms with van der Waals surface area (Å²) < 4.78 is 7.38. The summed E-state index contributed by atoms with van der Waals surface area (Å²) in [5.74, 6) is 0.668. The molecule has 1 aliphatic rings. The van der Waals surface area contributed by atoms with E-state index in [0.29, 0.717) is 24.6 Å². The van der Waals surface area contributed by atoms with Crippen LogP contribution in [-0.2, 0) is 17.8 Å². The van der Waals surface area contributed by atoms with Crippen LogP contribution in [0.2, 0.25) is 5.02 Å². The molecule has 7 heteroatoms. The number of fused-ring (bicyclic) bond motifs is 1. The molecule has 1 amide bonds. The van der Waals surface area contributed by atoms with Gasteiger partial charge in [-0.05, 0) is 36.6 Å². The van der Waals surface area contributed by atoms with Crippen molar-refractivity contribution in [2.75, 3.05) is 13.2 Å². The van der Waals surface area contributed by atoms with Crippen LogP contribution < -0.4 is 10.1 Å². The minimum atomic E-state index is -0.169. The molecule has 0 saturated carbocycles. The Morgan fingerprint density at radius 3 is 3.23 bits per heavy atom. The number of aryl methyl sites for hydroxylation is 1. The Labute approximate surface area is 133 Å². The van der Waals surface area contributed by atoms with Crippen molar-refractivity contribution in [3.63, 3.8) is 0 Å². The van der Waals surface area contributed by atoms with Crippen LogP contribution in [0.25, 0.3) is 0 Å². The molecule has 1 atom stereocenters. The quantitative estimate of drug-likeness (QED) is 0.851. The number of ether oxygens (including phenoxy) is 1. The van der Waals surface area contributed by atoms with E-state index in [0.717, 1.165) is 24.3 Å². The molecule has 6 nitrogen and oxygen atoms in total. The molecule has 22 heavy (non-hydrogen) atoms. The molecular weight excluding hydrogens is 304 g/mol. The van der Waals surface area contributed by atoms with Gasteiger partial charge < -0.3 is 10.1 Å². The third-order valence-corrected chi connectivity index (χ3v) is 3.86. The standard InChI is InChI=1S/C15H17ClN4O2/c16-13-2-3-14-11(7-13)6-12(8-22-14)15(21)18-4-1-5-20-10-17-9-19-20/h2-3,7,9-10,12H,1,4-6,8H2,(H,18,21). The Morgan fingerprint density at radius 2 is 2.41 bits per heavy atom. The zero-order valence-electron chi connectivity index (χ0n) is 12.0. The van der Waals surface area contributed by atoms with Crippen molar-refractivity contribution < 1.29 is 9.53 Å². The first kappa shape index (κ1) is 14.8. The van der Waals surface area contributed by atoms with E-state index in [1.54, 1.807) is 17.1 Å². The number of aromatic nitrogens is 3. The second-order valence-corrected chi connectivity index (χ2v) is 5.70. The highest BCUT2D eigenvalue weighted by Gasteiger charge is 2.25. The fourth-order valence-electron chi connectivity index (χ4n) is 2.48. The van der Waals surface area contributed by atoms with Crippen molar-refractivity contribution in [3.8, 4) is 5.75 Å². The summed E-state index contributed by atoms with van der Waals surface area (Å²) in [6.07, 6.45) is 4.63. The van der Waals surface area contributed by atoms with Crippen molar-refractivity contribution in [2.45, 2.75) is 19.4 Å². The van der Waals surface area contributed by atoms with E-state index in [4.69, 9.17) is 16.3 Å². The maximum Gasteiger partial charge on any atom is 0.226 e. The van der Waals surface area contributed by atoms with Gasteiger partial charge in [-0.3, -0.25) is 9.48 Å². The van der Waals surface area contributed by atoms with Gasteiger partial charge in [-0.25, -0.2) is 4.98 Å². The molecule has 0 saturated heterocycles. The fourth-order valence-corrected chi connectivity index (χ4v) is 2.67. The van der Waals surface area contributed by atoms with Crippen molar-refractivity contribution in [2.24, 2.45) is 5.92 Å². The van der Waals surface area contributed by atoms with E-state index in [1.165, 1.54) is 6.33 Å². The molecule has 1 N–H and O–H groups in total. The van der Waals surface area contributed by atoms with E-state index in [9.17, 15) is 4.79 Å². The number of amides is 1. The van der Waals surface area contributed by atoms with Gasteiger partial charge in [0.2, 0.25) is 5.91 Å². The second-order valence-electron chi connectivity index (χ2n) is 5.27. The molecule has 0 spiro atoms. The topological polar surface area (TPSA) is 69.0 Å². The smallest absolute Gasteiger partial charge is 0.226 e. The minimum Gasteiger partial charge on any atom is -0.492 e. The normalized spacial score (nSPS) is 16.7. The Kier molecular flexibility index (Phi) is 4.58. The third-order valence-electron chi connectivity index (χ3n) is 3.63. The molecule has 1 aromatic heterocycles. The summed E-state index contributed by atoms with van der Waals surface area (Å²) in [6, 6.07) is 5.51. The van der Waals surface area contributed by atoms with Crippen LogP contribution in [0.4, 0.5) is 0 Å². The zero-order chi connectivity index (χ0) is 15.4. The minimum absolute atomic E-state index is 0.0178. The van der Waals surface area contributed by atoms with Crippen LogP contribution in [0.3, 0.4) is 0 Å². The molecule has 0 fully saturated rings. The van der Waals surface area contributed by atoms with E-state index in [1.807, 2.05) is 12.1 Å². The van der Waals surface area contributed by atoms with Gasteiger partial charge in [-0.2, -0.15) is 5.10 Å². The van der Waals surface area contributed by atoms with Gasteiger partial charge in [-0.15, -0.1) is 0 Å². The van der Waals surface area contributed by atoms with Gasteiger partial charge in [0.1, 0.15) is 25.0 Å². The third kappa shape index (κ3) is 3.57. The largest absolute Gasteiger partial charge is 0.492 e. The first-order chi connectivity index (χ1) is 10.7. The highest BCUT2D eigenvalue weighted by molar-refractivity contribution is 6.30. The van der Waals surface area contributed by atoms with E-state index < -0.39 is 0 Å². The number of hydrogen-bond acceptors (Lipinski definition) is 4. The molecule has 1 aliphatic heterocycles. The molecular formula is C15H17ClN4O2. The van der Waals surface area contributed by atoms with Gasteiger partial charge >= 0.3 is 0 Å². The lowest BCUT2D eigenvalue weighted by Gasteiger charge is -2.24. The van der Waals surface area contributed by atoms with Crippen LogP contribution in [0.5, 0.6) is 5.75 Å². The maximum atomic E-state index is 12.2. The van der Waals surface area contributed by atoms with Crippen LogP contribution in [0.15, 0.2) is 30.9 Å². The molecule has 3 rings (SSSR count). The van der Waals surface area contributed by atoms with Gasteiger partial charge in [0.15, 0.2) is 0 Å². The summed E-state index contributed by atoms with van der Waals surface area (Å²) in [4.78, 5) is 16.1. The van der Waals surface area contributed by atoms with E-state index in [-0.39, 0.29) is 11.8 Å². The lowest BCUT2D eigenvalue weighted by atomic mass is 9.96. The number of hydrogen-bond donors (Lipinski definition) is 1. The molecule has 2 heterocycles. The average molecular weight is 321 g/mol. The van der Waals surface area contributed by atoms with Gasteiger partial charge in [-0.1, -0.05) is 11.6 Å². The van der Waals surface area contributed by atoms with Gasteiger partial charge in [0, 0.05) is 18.1 Å². The summed E-state index contributed by atoms with van der Waals surface area (Å²) in [7, 11) is 0. The second kappa shape index (κ2) is 6.79. The molecule has 1 unspecified atom stereocenters. The van der Waals surface area contributed by atoms with Gasteiger partial charge in [0.25, 0.3) is 0 Å². The van der Waals surface area contributed by atoms with Crippen molar-refractivity contribution in [1.82, 2.24) is 20.1 Å². The number of carbonyl (C=O) groups is 1. The first-order valence-corrected chi connectivity index (χ1v) is 7.61. The van der Waals surface area contributed by atoms with E-state index in [2.05, 4.69) is 15.4 Å². The molecule has 0 radical (unpaired) electrons. The highest BCUT2D eigenvalue weighted by Crippen LogP contribution is 2.29. The number of halogens is 1. The Hall–Kier alpha value is -2.08. The SMILES string of the molecule is O=C(NCCCn1cncn1)C1COc2ccc(Cl)cc2C1. The monoisotopic (exact) mass is 320 g/mol. The Balaban J connectivity index is 1.47. The van der Waals surface area contributed by atoms with Gasteiger partial charge in [0.05, 0.1) is 5.92 Å². The molecule has 116 valence electrons. The van der Waals surface area contributed by atoms with Crippen LogP contribution in [0, 0.1) is 5.92 Å². The Morgan fingerprint density at radius 1 is 1.50 bits per heavy atom. The number of carbonyl (C=O) groups excluding carboxylic acids is 1. The van der Waals surface area contributed by atoms with Crippen molar-refractivity contribution in [1.29, 1.82) is 0 Å². The summed E-state index contributed by atoms with van der Waals surface area (Å²) in [5, 5.41) is 7.63. The summed E-state index contributed by atoms with van der Waals surface area (Å²) in [6.45, 7) is 1.75. The molecule has 0 aliphatic carbocycles.